The molecule has 0 fully saturated rings. The van der Waals surface area contributed by atoms with Crippen LogP contribution < -0.4 is 0 Å². The van der Waals surface area contributed by atoms with Crippen LogP contribution in [-0.4, -0.2) is 11.4 Å². The van der Waals surface area contributed by atoms with Gasteiger partial charge in [0.05, 0.1) is 6.10 Å². The summed E-state index contributed by atoms with van der Waals surface area (Å²) in [6, 6.07) is 14.1. The van der Waals surface area contributed by atoms with Crippen molar-refractivity contribution < 1.29 is 9.50 Å². The van der Waals surface area contributed by atoms with Gasteiger partial charge >= 0.3 is 0 Å². The molecule has 0 aliphatic heterocycles. The molecule has 0 spiro atoms. The quantitative estimate of drug-likeness (QED) is 0.845. The highest BCUT2D eigenvalue weighted by Gasteiger charge is 2.12. The normalized spacial score (nSPS) is 12.4. The lowest BCUT2D eigenvalue weighted by Gasteiger charge is -2.14. The first-order valence-electron chi connectivity index (χ1n) is 5.76. The summed E-state index contributed by atoms with van der Waals surface area (Å²) < 4.78 is 13.1. The highest BCUT2D eigenvalue weighted by atomic mass is 32.2. The molecule has 1 atom stereocenters. The minimum absolute atomic E-state index is 0.266. The second-order valence-corrected chi connectivity index (χ2v) is 4.94. The van der Waals surface area contributed by atoms with Gasteiger partial charge < -0.3 is 5.11 Å². The fourth-order valence-electron chi connectivity index (χ4n) is 1.94. The zero-order valence-electron chi connectivity index (χ0n) is 10.1. The number of halogens is 1. The Morgan fingerprint density at radius 1 is 1.17 bits per heavy atom. The first kappa shape index (κ1) is 13.1. The lowest BCUT2D eigenvalue weighted by molar-refractivity contribution is 0.175. The molecule has 0 amide bonds. The summed E-state index contributed by atoms with van der Waals surface area (Å²) in [4.78, 5) is 1.06. The van der Waals surface area contributed by atoms with Gasteiger partial charge in [-0.05, 0) is 35.6 Å². The SMILES string of the molecule is CSc1ccccc1C(O)Cc1cccc(F)c1. The van der Waals surface area contributed by atoms with Gasteiger partial charge in [0.15, 0.2) is 0 Å². The van der Waals surface area contributed by atoms with E-state index in [9.17, 15) is 9.50 Å². The second-order valence-electron chi connectivity index (χ2n) is 4.09. The van der Waals surface area contributed by atoms with Gasteiger partial charge in [0.2, 0.25) is 0 Å². The predicted molar refractivity (Wildman–Crippen MR) is 73.3 cm³/mol. The fraction of sp³-hybridized carbons (Fsp3) is 0.200. The Hall–Kier alpha value is -1.32. The van der Waals surface area contributed by atoms with Crippen LogP contribution in [0.1, 0.15) is 17.2 Å². The molecule has 3 heteroatoms. The van der Waals surface area contributed by atoms with Gasteiger partial charge in [0.25, 0.3) is 0 Å². The van der Waals surface area contributed by atoms with Gasteiger partial charge in [-0.15, -0.1) is 11.8 Å². The Kier molecular flexibility index (Phi) is 4.39. The molecule has 0 bridgehead atoms. The summed E-state index contributed by atoms with van der Waals surface area (Å²) in [5.41, 5.74) is 1.70. The molecule has 18 heavy (non-hydrogen) atoms. The van der Waals surface area contributed by atoms with Crippen molar-refractivity contribution in [3.05, 3.63) is 65.5 Å². The van der Waals surface area contributed by atoms with Gasteiger partial charge in [-0.3, -0.25) is 0 Å². The third kappa shape index (κ3) is 3.12. The van der Waals surface area contributed by atoms with E-state index < -0.39 is 6.10 Å². The number of hydrogen-bond donors (Lipinski definition) is 1. The van der Waals surface area contributed by atoms with Crippen LogP contribution in [0.4, 0.5) is 4.39 Å². The topological polar surface area (TPSA) is 20.2 Å². The average molecular weight is 262 g/mol. The molecule has 2 aromatic carbocycles. The molecule has 1 N–H and O–H groups in total. The van der Waals surface area contributed by atoms with Crippen molar-refractivity contribution >= 4 is 11.8 Å². The molecule has 0 saturated carbocycles. The summed E-state index contributed by atoms with van der Waals surface area (Å²) in [6.07, 6.45) is 1.80. The molecular formula is C15H15FOS. The van der Waals surface area contributed by atoms with Gasteiger partial charge in [-0.2, -0.15) is 0 Å². The number of hydrogen-bond acceptors (Lipinski definition) is 2. The summed E-state index contributed by atoms with van der Waals surface area (Å²) in [5, 5.41) is 10.2. The Bertz CT molecular complexity index is 527. The molecule has 1 unspecified atom stereocenters. The van der Waals surface area contributed by atoms with E-state index in [1.54, 1.807) is 17.8 Å². The molecule has 0 heterocycles. The maximum absolute atomic E-state index is 13.1. The van der Waals surface area contributed by atoms with Crippen LogP contribution in [0, 0.1) is 5.82 Å². The lowest BCUT2D eigenvalue weighted by atomic mass is 10.0. The van der Waals surface area contributed by atoms with Crippen LogP contribution in [0.25, 0.3) is 0 Å². The van der Waals surface area contributed by atoms with Crippen molar-refractivity contribution in [1.29, 1.82) is 0 Å². The summed E-state index contributed by atoms with van der Waals surface area (Å²) in [7, 11) is 0. The Labute approximate surface area is 111 Å². The summed E-state index contributed by atoms with van der Waals surface area (Å²) >= 11 is 1.60. The van der Waals surface area contributed by atoms with Crippen LogP contribution in [0.5, 0.6) is 0 Å². The van der Waals surface area contributed by atoms with E-state index in [-0.39, 0.29) is 5.82 Å². The molecule has 1 nitrogen and oxygen atoms in total. The standard InChI is InChI=1S/C15H15FOS/c1-18-15-8-3-2-7-13(15)14(17)10-11-5-4-6-12(16)9-11/h2-9,14,17H,10H2,1H3. The minimum atomic E-state index is -0.601. The molecule has 2 rings (SSSR count). The van der Waals surface area contributed by atoms with Crippen LogP contribution >= 0.6 is 11.8 Å². The maximum Gasteiger partial charge on any atom is 0.123 e. The fourth-order valence-corrected chi connectivity index (χ4v) is 2.59. The number of thioether (sulfide) groups is 1. The van der Waals surface area contributed by atoms with Gasteiger partial charge in [-0.25, -0.2) is 4.39 Å². The Morgan fingerprint density at radius 3 is 2.67 bits per heavy atom. The molecule has 2 aromatic rings. The average Bonchev–Trinajstić information content (AvgIpc) is 2.38. The van der Waals surface area contributed by atoms with E-state index >= 15 is 0 Å². The third-order valence-electron chi connectivity index (χ3n) is 2.82. The summed E-state index contributed by atoms with van der Waals surface area (Å²) in [6.45, 7) is 0. The lowest BCUT2D eigenvalue weighted by Crippen LogP contribution is -2.03. The van der Waals surface area contributed by atoms with Gasteiger partial charge in [0, 0.05) is 11.3 Å². The highest BCUT2D eigenvalue weighted by molar-refractivity contribution is 7.98. The van der Waals surface area contributed by atoms with E-state index in [0.717, 1.165) is 16.0 Å². The third-order valence-corrected chi connectivity index (χ3v) is 3.63. The zero-order chi connectivity index (χ0) is 13.0. The molecular weight excluding hydrogens is 247 g/mol. The van der Waals surface area contributed by atoms with Crippen molar-refractivity contribution in [2.75, 3.05) is 6.26 Å². The van der Waals surface area contributed by atoms with Crippen LogP contribution in [-0.2, 0) is 6.42 Å². The molecule has 0 saturated heterocycles. The van der Waals surface area contributed by atoms with E-state index in [1.165, 1.54) is 12.1 Å². The molecule has 0 radical (unpaired) electrons. The van der Waals surface area contributed by atoms with E-state index in [1.807, 2.05) is 36.6 Å². The predicted octanol–water partition coefficient (Wildman–Crippen LogP) is 3.82. The highest BCUT2D eigenvalue weighted by Crippen LogP contribution is 2.27. The monoisotopic (exact) mass is 262 g/mol. The largest absolute Gasteiger partial charge is 0.388 e. The summed E-state index contributed by atoms with van der Waals surface area (Å²) in [5.74, 6) is -0.266. The van der Waals surface area contributed by atoms with Crippen molar-refractivity contribution in [2.45, 2.75) is 17.4 Å². The number of aliphatic hydroxyl groups is 1. The zero-order valence-corrected chi connectivity index (χ0v) is 11.0. The second kappa shape index (κ2) is 6.03. The molecule has 0 aromatic heterocycles. The van der Waals surface area contributed by atoms with E-state index in [2.05, 4.69) is 0 Å². The first-order chi connectivity index (χ1) is 8.70. The molecule has 94 valence electrons. The van der Waals surface area contributed by atoms with Crippen LogP contribution in [0.3, 0.4) is 0 Å². The van der Waals surface area contributed by atoms with Crippen molar-refractivity contribution in [3.63, 3.8) is 0 Å². The Morgan fingerprint density at radius 2 is 1.94 bits per heavy atom. The first-order valence-corrected chi connectivity index (χ1v) is 6.98. The maximum atomic E-state index is 13.1. The van der Waals surface area contributed by atoms with Crippen LogP contribution in [0.2, 0.25) is 0 Å². The van der Waals surface area contributed by atoms with Gasteiger partial charge in [-0.1, -0.05) is 30.3 Å². The number of aliphatic hydroxyl groups excluding tert-OH is 1. The molecule has 0 aliphatic rings. The van der Waals surface area contributed by atoms with Crippen molar-refractivity contribution in [1.82, 2.24) is 0 Å². The molecule has 0 aliphatic carbocycles. The van der Waals surface area contributed by atoms with Crippen molar-refractivity contribution in [3.8, 4) is 0 Å². The number of rotatable bonds is 4. The minimum Gasteiger partial charge on any atom is -0.388 e. The van der Waals surface area contributed by atoms with E-state index in [0.29, 0.717) is 6.42 Å². The number of benzene rings is 2. The van der Waals surface area contributed by atoms with Gasteiger partial charge in [0.1, 0.15) is 5.82 Å². The van der Waals surface area contributed by atoms with E-state index in [4.69, 9.17) is 0 Å². The smallest absolute Gasteiger partial charge is 0.123 e. The Balaban J connectivity index is 2.19. The van der Waals surface area contributed by atoms with Crippen LogP contribution in [0.15, 0.2) is 53.4 Å². The van der Waals surface area contributed by atoms with Crippen molar-refractivity contribution in [2.24, 2.45) is 0 Å².